The van der Waals surface area contributed by atoms with Gasteiger partial charge < -0.3 is 24.3 Å². The van der Waals surface area contributed by atoms with E-state index >= 15 is 0 Å². The van der Waals surface area contributed by atoms with Crippen LogP contribution in [0, 0.1) is 6.92 Å². The summed E-state index contributed by atoms with van der Waals surface area (Å²) in [6.07, 6.45) is 3.30. The van der Waals surface area contributed by atoms with Crippen LogP contribution in [0.1, 0.15) is 50.8 Å². The average Bonchev–Trinajstić information content (AvgIpc) is 3.30. The molecule has 2 aromatic rings. The van der Waals surface area contributed by atoms with Gasteiger partial charge in [0.05, 0.1) is 16.8 Å². The highest BCUT2D eigenvalue weighted by Crippen LogP contribution is 2.39. The van der Waals surface area contributed by atoms with Gasteiger partial charge in [0.1, 0.15) is 17.4 Å². The van der Waals surface area contributed by atoms with Crippen LogP contribution in [-0.4, -0.2) is 59.2 Å². The average molecular weight is 477 g/mol. The van der Waals surface area contributed by atoms with E-state index in [1.807, 2.05) is 19.9 Å². The summed E-state index contributed by atoms with van der Waals surface area (Å²) in [5, 5.41) is 4.43. The van der Waals surface area contributed by atoms with Crippen molar-refractivity contribution in [1.82, 2.24) is 19.8 Å². The first-order valence-electron chi connectivity index (χ1n) is 11.7. The molecule has 0 radical (unpaired) electrons. The van der Waals surface area contributed by atoms with Gasteiger partial charge in [0, 0.05) is 45.1 Å². The standard InChI is InChI=1S/C24H33ClN4O4/c1-5-33-24(8-11-29(12-9-24)16(3)30)19-13-18-20(28(4)23(19)31)21(15(2)27-22(18)25)32-14-17-7-6-10-26-17/h13,17,26H,5-12,14H2,1-4H3/t17-/m0/s1. The molecule has 8 nitrogen and oxygen atoms in total. The highest BCUT2D eigenvalue weighted by atomic mass is 35.5. The van der Waals surface area contributed by atoms with E-state index in [9.17, 15) is 9.59 Å². The normalized spacial score (nSPS) is 20.4. The number of hydrogen-bond acceptors (Lipinski definition) is 6. The summed E-state index contributed by atoms with van der Waals surface area (Å²) in [6.45, 7) is 8.39. The second-order valence-electron chi connectivity index (χ2n) is 9.04. The van der Waals surface area contributed by atoms with Gasteiger partial charge in [-0.05, 0) is 52.1 Å². The van der Waals surface area contributed by atoms with Gasteiger partial charge in [0.25, 0.3) is 5.56 Å². The maximum Gasteiger partial charge on any atom is 0.257 e. The van der Waals surface area contributed by atoms with Gasteiger partial charge in [0.15, 0.2) is 5.75 Å². The SMILES string of the molecule is CCOC1(c2cc3c(Cl)nc(C)c(OC[C@@H]4CCCN4)c3n(C)c2=O)CCN(C(C)=O)CC1. The van der Waals surface area contributed by atoms with E-state index in [1.54, 1.807) is 23.4 Å². The van der Waals surface area contributed by atoms with Gasteiger partial charge in [-0.25, -0.2) is 4.98 Å². The molecule has 1 atom stereocenters. The fraction of sp³-hybridized carbons (Fsp3) is 0.625. The predicted molar refractivity (Wildman–Crippen MR) is 128 cm³/mol. The summed E-state index contributed by atoms with van der Waals surface area (Å²) in [7, 11) is 1.74. The molecule has 9 heteroatoms. The number of ether oxygens (including phenoxy) is 2. The number of nitrogens with zero attached hydrogens (tertiary/aromatic N) is 3. The quantitative estimate of drug-likeness (QED) is 0.645. The third-order valence-electron chi connectivity index (χ3n) is 6.97. The van der Waals surface area contributed by atoms with E-state index in [1.165, 1.54) is 0 Å². The van der Waals surface area contributed by atoms with Crippen molar-refractivity contribution in [3.8, 4) is 5.75 Å². The number of fused-ring (bicyclic) bond motifs is 1. The smallest absolute Gasteiger partial charge is 0.257 e. The summed E-state index contributed by atoms with van der Waals surface area (Å²) in [6, 6.07) is 2.12. The van der Waals surface area contributed by atoms with E-state index in [0.29, 0.717) is 78.2 Å². The Bertz CT molecular complexity index is 1100. The van der Waals surface area contributed by atoms with Crippen molar-refractivity contribution in [2.75, 3.05) is 32.8 Å². The Morgan fingerprint density at radius 2 is 2.09 bits per heavy atom. The fourth-order valence-electron chi connectivity index (χ4n) is 5.13. The second kappa shape index (κ2) is 9.60. The molecule has 2 aromatic heterocycles. The van der Waals surface area contributed by atoms with Crippen LogP contribution in [0.3, 0.4) is 0 Å². The van der Waals surface area contributed by atoms with E-state index in [0.717, 1.165) is 19.4 Å². The number of likely N-dealkylation sites (tertiary alicyclic amines) is 1. The number of rotatable bonds is 6. The number of carbonyl (C=O) groups excluding carboxylic acids is 1. The van der Waals surface area contributed by atoms with Gasteiger partial charge in [-0.1, -0.05) is 11.6 Å². The summed E-state index contributed by atoms with van der Waals surface area (Å²) in [5.74, 6) is 0.624. The number of pyridine rings is 2. The minimum Gasteiger partial charge on any atom is -0.488 e. The topological polar surface area (TPSA) is 85.7 Å². The lowest BCUT2D eigenvalue weighted by Gasteiger charge is -2.41. The Kier molecular flexibility index (Phi) is 6.98. The molecular weight excluding hydrogens is 444 g/mol. The van der Waals surface area contributed by atoms with Crippen molar-refractivity contribution in [3.63, 3.8) is 0 Å². The molecule has 4 rings (SSSR count). The Labute approximate surface area is 199 Å². The van der Waals surface area contributed by atoms with Crippen molar-refractivity contribution in [3.05, 3.63) is 32.8 Å². The van der Waals surface area contributed by atoms with Gasteiger partial charge in [0.2, 0.25) is 5.91 Å². The lowest BCUT2D eigenvalue weighted by atomic mass is 9.84. The molecule has 0 aliphatic carbocycles. The number of aromatic nitrogens is 2. The molecule has 1 N–H and O–H groups in total. The Hall–Kier alpha value is -2.16. The van der Waals surface area contributed by atoms with Crippen LogP contribution in [0.4, 0.5) is 0 Å². The first kappa shape index (κ1) is 24.0. The zero-order valence-corrected chi connectivity index (χ0v) is 20.6. The molecule has 2 fully saturated rings. The number of amides is 1. The third-order valence-corrected chi connectivity index (χ3v) is 7.25. The fourth-order valence-corrected chi connectivity index (χ4v) is 5.40. The molecule has 0 aromatic carbocycles. The van der Waals surface area contributed by atoms with Crippen LogP contribution in [0.25, 0.3) is 10.9 Å². The van der Waals surface area contributed by atoms with Crippen LogP contribution in [0.15, 0.2) is 10.9 Å². The van der Waals surface area contributed by atoms with Crippen LogP contribution in [0.2, 0.25) is 5.15 Å². The number of carbonyl (C=O) groups is 1. The van der Waals surface area contributed by atoms with Gasteiger partial charge >= 0.3 is 0 Å². The second-order valence-corrected chi connectivity index (χ2v) is 9.40. The monoisotopic (exact) mass is 476 g/mol. The van der Waals surface area contributed by atoms with Crippen LogP contribution in [0.5, 0.6) is 5.75 Å². The largest absolute Gasteiger partial charge is 0.488 e. The number of piperidine rings is 1. The molecule has 2 aliphatic rings. The minimum atomic E-state index is -0.771. The molecule has 2 saturated heterocycles. The zero-order chi connectivity index (χ0) is 23.8. The zero-order valence-electron chi connectivity index (χ0n) is 19.9. The molecular formula is C24H33ClN4O4. The molecule has 0 bridgehead atoms. The summed E-state index contributed by atoms with van der Waals surface area (Å²) < 4.78 is 14.0. The van der Waals surface area contributed by atoms with E-state index in [4.69, 9.17) is 21.1 Å². The number of nitrogens with one attached hydrogen (secondary N) is 1. The van der Waals surface area contributed by atoms with Crippen molar-refractivity contribution in [1.29, 1.82) is 0 Å². The molecule has 0 unspecified atom stereocenters. The maximum atomic E-state index is 13.7. The molecule has 0 saturated carbocycles. The molecule has 180 valence electrons. The third kappa shape index (κ3) is 4.48. The van der Waals surface area contributed by atoms with Crippen molar-refractivity contribution in [2.24, 2.45) is 7.05 Å². The van der Waals surface area contributed by atoms with E-state index in [2.05, 4.69) is 10.3 Å². The van der Waals surface area contributed by atoms with Gasteiger partial charge in [-0.2, -0.15) is 0 Å². The first-order chi connectivity index (χ1) is 15.8. The number of halogens is 1. The number of hydrogen-bond donors (Lipinski definition) is 1. The molecule has 0 spiro atoms. The van der Waals surface area contributed by atoms with Crippen molar-refractivity contribution in [2.45, 2.75) is 58.1 Å². The number of aryl methyl sites for hydroxylation is 2. The van der Waals surface area contributed by atoms with Gasteiger partial charge in [-0.3, -0.25) is 9.59 Å². The Balaban J connectivity index is 1.80. The van der Waals surface area contributed by atoms with Crippen molar-refractivity contribution < 1.29 is 14.3 Å². The highest BCUT2D eigenvalue weighted by Gasteiger charge is 2.40. The lowest BCUT2D eigenvalue weighted by Crippen LogP contribution is -2.48. The summed E-state index contributed by atoms with van der Waals surface area (Å²) in [5.41, 5.74) is 0.943. The summed E-state index contributed by atoms with van der Waals surface area (Å²) in [4.78, 5) is 31.8. The first-order valence-corrected chi connectivity index (χ1v) is 12.1. The predicted octanol–water partition coefficient (Wildman–Crippen LogP) is 2.90. The molecule has 33 heavy (non-hydrogen) atoms. The van der Waals surface area contributed by atoms with Crippen LogP contribution in [-0.2, 0) is 22.2 Å². The lowest BCUT2D eigenvalue weighted by molar-refractivity contribution is -0.136. The highest BCUT2D eigenvalue weighted by molar-refractivity contribution is 6.34. The minimum absolute atomic E-state index is 0.0350. The van der Waals surface area contributed by atoms with Gasteiger partial charge in [-0.15, -0.1) is 0 Å². The Morgan fingerprint density at radius 3 is 2.70 bits per heavy atom. The molecule has 4 heterocycles. The van der Waals surface area contributed by atoms with E-state index < -0.39 is 5.60 Å². The van der Waals surface area contributed by atoms with E-state index in [-0.39, 0.29) is 11.5 Å². The van der Waals surface area contributed by atoms with Crippen molar-refractivity contribution >= 4 is 28.4 Å². The molecule has 2 aliphatic heterocycles. The van der Waals surface area contributed by atoms with Crippen LogP contribution >= 0.6 is 11.6 Å². The maximum absolute atomic E-state index is 13.7. The molecule has 1 amide bonds. The Morgan fingerprint density at radius 1 is 1.36 bits per heavy atom. The van der Waals surface area contributed by atoms with Crippen LogP contribution < -0.4 is 15.6 Å². The summed E-state index contributed by atoms with van der Waals surface area (Å²) >= 11 is 6.60.